The zero-order chi connectivity index (χ0) is 58.6. The Morgan fingerprint density at radius 2 is 1.38 bits per heavy atom. The predicted octanol–water partition coefficient (Wildman–Crippen LogP) is 5.92. The van der Waals surface area contributed by atoms with E-state index in [4.69, 9.17) is 10.1 Å². The van der Waals surface area contributed by atoms with Gasteiger partial charge in [-0.05, 0) is 88.6 Å². The van der Waals surface area contributed by atoms with E-state index in [-0.39, 0.29) is 10.6 Å². The number of rotatable bonds is 20. The first-order valence-corrected chi connectivity index (χ1v) is 24.3. The molecule has 79 heavy (non-hydrogen) atoms. The first kappa shape index (κ1) is 62.5. The van der Waals surface area contributed by atoms with E-state index in [0.29, 0.717) is 69.3 Å². The number of nitrogens with zero attached hydrogens (tertiary/aromatic N) is 4. The van der Waals surface area contributed by atoms with Gasteiger partial charge in [0.2, 0.25) is 5.91 Å². The summed E-state index contributed by atoms with van der Waals surface area (Å²) in [6.07, 6.45) is -12.5. The molecule has 1 aromatic heterocycles. The van der Waals surface area contributed by atoms with Gasteiger partial charge in [-0.25, -0.2) is 23.4 Å². The monoisotopic (exact) mass is 1130 g/mol. The van der Waals surface area contributed by atoms with Crippen molar-refractivity contribution in [2.45, 2.75) is 89.7 Å². The highest BCUT2D eigenvalue weighted by molar-refractivity contribution is 6.06. The molecule has 2 aromatic carbocycles. The summed E-state index contributed by atoms with van der Waals surface area (Å²) in [6, 6.07) is 3.80. The van der Waals surface area contributed by atoms with Crippen molar-refractivity contribution in [3.05, 3.63) is 101 Å². The smallest absolute Gasteiger partial charge is 0.407 e. The lowest BCUT2D eigenvalue weighted by molar-refractivity contribution is -0.221. The van der Waals surface area contributed by atoms with Crippen molar-refractivity contribution >= 4 is 41.2 Å². The number of carbonyl (C=O) groups excluding carboxylic acids is 4. The van der Waals surface area contributed by atoms with Crippen LogP contribution in [-0.2, 0) is 30.2 Å². The Bertz CT molecular complexity index is 2680. The highest BCUT2D eigenvalue weighted by Crippen LogP contribution is 2.42. The van der Waals surface area contributed by atoms with Crippen LogP contribution in [0, 0.1) is 39.7 Å². The number of alkyl halides is 8. The minimum atomic E-state index is -5.29. The van der Waals surface area contributed by atoms with E-state index in [1.54, 1.807) is 17.6 Å². The fourth-order valence-electron chi connectivity index (χ4n) is 8.26. The normalized spacial score (nSPS) is 16.9. The number of pyridine rings is 1. The summed E-state index contributed by atoms with van der Waals surface area (Å²) in [5.74, 6) is -0.0854. The number of alkyl carbamates (subject to hydrolysis) is 2. The van der Waals surface area contributed by atoms with Gasteiger partial charge in [-0.1, -0.05) is 24.0 Å². The zero-order valence-electron chi connectivity index (χ0n) is 43.6. The lowest BCUT2D eigenvalue weighted by Crippen LogP contribution is -2.64. The van der Waals surface area contributed by atoms with E-state index in [1.807, 2.05) is 16.8 Å². The fourth-order valence-corrected chi connectivity index (χ4v) is 8.26. The van der Waals surface area contributed by atoms with Crippen LogP contribution < -0.4 is 36.6 Å². The van der Waals surface area contributed by atoms with E-state index in [9.17, 15) is 59.4 Å². The van der Waals surface area contributed by atoms with Gasteiger partial charge < -0.3 is 50.9 Å². The Morgan fingerprint density at radius 1 is 0.835 bits per heavy atom. The van der Waals surface area contributed by atoms with E-state index < -0.39 is 120 Å². The van der Waals surface area contributed by atoms with Crippen molar-refractivity contribution in [3.8, 4) is 11.8 Å². The number of halogens is 10. The van der Waals surface area contributed by atoms with Crippen molar-refractivity contribution in [2.75, 3.05) is 70.1 Å². The average Bonchev–Trinajstić information content (AvgIpc) is 3.94. The number of aromatic nitrogens is 1. The SMILES string of the molecule is COC(=O)NC(C(=O)N[C@@H](Cc1ccc(C#Cc2ccc(N3CCN([C@@H]4CCOC4)CC3)nc2)cc1)[C@@H](O)CN(NC(=O)[C@@H](NC(=O)OC)C(C)(C)C(F)(F)F)c1c(F)cc(C(=N)/C=C\NC(F)F)cc1F)C(C)(C)C(F)(F)F. The highest BCUT2D eigenvalue weighted by atomic mass is 19.4. The number of carbonyl (C=O) groups is 4. The van der Waals surface area contributed by atoms with E-state index in [0.717, 1.165) is 65.9 Å². The number of hydrogen-bond acceptors (Lipinski definition) is 14. The molecule has 0 saturated carbocycles. The number of aliphatic hydroxyl groups is 1. The number of nitrogens with one attached hydrogen (secondary N) is 6. The molecule has 2 aliphatic heterocycles. The van der Waals surface area contributed by atoms with Gasteiger partial charge in [0.25, 0.3) is 5.91 Å². The Labute approximate surface area is 448 Å². The Morgan fingerprint density at radius 3 is 1.87 bits per heavy atom. The topological polar surface area (TPSA) is 223 Å². The first-order chi connectivity index (χ1) is 37.0. The second-order valence-corrected chi connectivity index (χ2v) is 19.4. The molecule has 0 bridgehead atoms. The van der Waals surface area contributed by atoms with Crippen LogP contribution in [0.3, 0.4) is 0 Å². The molecular formula is C51H60F10N10O8. The van der Waals surface area contributed by atoms with Crippen molar-refractivity contribution < 1.29 is 82.4 Å². The van der Waals surface area contributed by atoms with Crippen LogP contribution in [0.5, 0.6) is 0 Å². The van der Waals surface area contributed by atoms with Gasteiger partial charge in [0.15, 0.2) is 11.6 Å². The number of anilines is 2. The van der Waals surface area contributed by atoms with Gasteiger partial charge in [-0.3, -0.25) is 24.9 Å². The number of allylic oxidation sites excluding steroid dienone is 1. The maximum atomic E-state index is 16.3. The highest BCUT2D eigenvalue weighted by Gasteiger charge is 2.57. The number of ether oxygens (including phenoxy) is 3. The van der Waals surface area contributed by atoms with Gasteiger partial charge in [0, 0.05) is 67.9 Å². The Kier molecular flexibility index (Phi) is 21.0. The number of methoxy groups -OCH3 is 2. The summed E-state index contributed by atoms with van der Waals surface area (Å²) in [7, 11) is 1.55. The van der Waals surface area contributed by atoms with E-state index in [2.05, 4.69) is 41.4 Å². The van der Waals surface area contributed by atoms with Gasteiger partial charge in [-0.2, -0.15) is 35.1 Å². The van der Waals surface area contributed by atoms with Crippen LogP contribution in [0.15, 0.2) is 67.0 Å². The molecule has 3 heterocycles. The quantitative estimate of drug-likeness (QED) is 0.0230. The van der Waals surface area contributed by atoms with Crippen LogP contribution >= 0.6 is 0 Å². The summed E-state index contributed by atoms with van der Waals surface area (Å²) >= 11 is 0. The molecule has 3 aromatic rings. The maximum absolute atomic E-state index is 16.3. The van der Waals surface area contributed by atoms with Crippen LogP contribution in [0.4, 0.5) is 65.0 Å². The number of hydrazine groups is 1. The molecule has 1 unspecified atom stereocenters. The molecule has 5 atom stereocenters. The van der Waals surface area contributed by atoms with Crippen LogP contribution in [0.1, 0.15) is 56.4 Å². The molecule has 5 rings (SSSR count). The standard InChI is InChI=1S/C51H60F10N10O8/c1-48(2,50(56,57)58)41(66-46(75)77-5)43(73)65-37(23-30-10-7-29(8-11-30)9-12-31-13-14-39(64-26-31)70-20-18-69(19-21-70)33-16-22-79-28-33)38(72)27-71(68-44(74)42(67-47(76)78-6)49(3,4)51(59,60)61)40-34(52)24-32(25-35(40)53)36(62)15-17-63-45(54)55/h7-8,10-11,13-15,17,24-26,33,37-38,41-42,45,62-63,72H,16,18-23,27-28H2,1-6H3,(H,65,73)(H,66,75)(H,67,76)(H,68,74)/b17-15-,62-36?/t33-,37+,38+,41?,42-/m1/s1. The summed E-state index contributed by atoms with van der Waals surface area (Å²) in [5, 5.41) is 27.6. The summed E-state index contributed by atoms with van der Waals surface area (Å²) in [6.45, 7) is 2.42. The molecule has 0 radical (unpaired) electrons. The van der Waals surface area contributed by atoms with E-state index in [1.165, 1.54) is 29.6 Å². The Balaban J connectivity index is 1.51. The predicted molar refractivity (Wildman–Crippen MR) is 267 cm³/mol. The molecule has 0 aliphatic carbocycles. The van der Waals surface area contributed by atoms with Gasteiger partial charge in [-0.15, -0.1) is 0 Å². The molecular weight excluding hydrogens is 1070 g/mol. The lowest BCUT2D eigenvalue weighted by atomic mass is 9.82. The van der Waals surface area contributed by atoms with Crippen LogP contribution in [0.25, 0.3) is 0 Å². The van der Waals surface area contributed by atoms with Crippen LogP contribution in [-0.4, -0.2) is 154 Å². The molecule has 0 spiro atoms. The largest absolute Gasteiger partial charge is 0.453 e. The van der Waals surface area contributed by atoms with Gasteiger partial charge in [0.1, 0.15) is 23.6 Å². The van der Waals surface area contributed by atoms with Crippen molar-refractivity contribution in [1.29, 1.82) is 5.41 Å². The molecule has 28 heteroatoms. The van der Waals surface area contributed by atoms with Crippen molar-refractivity contribution in [3.63, 3.8) is 0 Å². The summed E-state index contributed by atoms with van der Waals surface area (Å²) in [4.78, 5) is 61.9. The molecule has 432 valence electrons. The fraction of sp³-hybridized carbons (Fsp3) is 0.490. The maximum Gasteiger partial charge on any atom is 0.407 e. The van der Waals surface area contributed by atoms with Gasteiger partial charge >= 0.3 is 31.1 Å². The van der Waals surface area contributed by atoms with Gasteiger partial charge in [0.05, 0.1) is 56.1 Å². The molecule has 2 fully saturated rings. The number of aliphatic hydroxyl groups excluding tert-OH is 1. The molecule has 2 aliphatic rings. The average molecular weight is 1130 g/mol. The van der Waals surface area contributed by atoms with Crippen molar-refractivity contribution in [2.24, 2.45) is 10.8 Å². The molecule has 7 N–H and O–H groups in total. The van der Waals surface area contributed by atoms with Crippen LogP contribution in [0.2, 0.25) is 0 Å². The zero-order valence-corrected chi connectivity index (χ0v) is 43.6. The Hall–Kier alpha value is -7.38. The molecule has 2 saturated heterocycles. The number of amides is 4. The third-order valence-corrected chi connectivity index (χ3v) is 13.4. The summed E-state index contributed by atoms with van der Waals surface area (Å²) < 4.78 is 159. The molecule has 4 amide bonds. The summed E-state index contributed by atoms with van der Waals surface area (Å²) in [5.41, 5.74) is -5.94. The first-order valence-electron chi connectivity index (χ1n) is 24.3. The molecule has 18 nitrogen and oxygen atoms in total. The number of piperazine rings is 1. The third-order valence-electron chi connectivity index (χ3n) is 13.4. The minimum absolute atomic E-state index is 0.147. The number of benzene rings is 2. The van der Waals surface area contributed by atoms with Crippen molar-refractivity contribution in [1.82, 2.24) is 36.6 Å². The van der Waals surface area contributed by atoms with E-state index >= 15 is 8.78 Å². The second kappa shape index (κ2) is 26.5. The lowest BCUT2D eigenvalue weighted by Gasteiger charge is -2.38. The number of hydrogen-bond donors (Lipinski definition) is 7. The second-order valence-electron chi connectivity index (χ2n) is 19.4. The minimum Gasteiger partial charge on any atom is -0.453 e. The third kappa shape index (κ3) is 16.3.